The minimum atomic E-state index is -1.24. The zero-order valence-corrected chi connectivity index (χ0v) is 19.9. The van der Waals surface area contributed by atoms with Gasteiger partial charge in [-0.2, -0.15) is 0 Å². The minimum absolute atomic E-state index is 0.0210. The lowest BCUT2D eigenvalue weighted by Crippen LogP contribution is -2.58. The van der Waals surface area contributed by atoms with Crippen molar-refractivity contribution in [2.75, 3.05) is 6.54 Å². The lowest BCUT2D eigenvalue weighted by molar-refractivity contribution is -0.143. The summed E-state index contributed by atoms with van der Waals surface area (Å²) in [5, 5.41) is 16.8. The number of hydrogen-bond acceptors (Lipinski definition) is 7. The first-order valence-electron chi connectivity index (χ1n) is 11.0. The molecule has 0 aliphatic rings. The maximum Gasteiger partial charge on any atom is 0.326 e. The normalized spacial score (nSPS) is 15.1. The van der Waals surface area contributed by atoms with E-state index in [0.29, 0.717) is 12.8 Å². The number of primary amides is 1. The Bertz CT molecular complexity index is 755. The van der Waals surface area contributed by atoms with E-state index < -0.39 is 53.8 Å². The van der Waals surface area contributed by atoms with E-state index in [1.165, 1.54) is 6.92 Å². The van der Waals surface area contributed by atoms with E-state index >= 15 is 0 Å². The van der Waals surface area contributed by atoms with E-state index in [0.717, 1.165) is 0 Å². The molecule has 14 heteroatoms. The summed E-state index contributed by atoms with van der Waals surface area (Å²) in [5.41, 5.74) is 21.2. The molecular formula is C20H38N8O6. The summed E-state index contributed by atoms with van der Waals surface area (Å²) in [6.07, 6.45) is 0.845. The summed E-state index contributed by atoms with van der Waals surface area (Å²) in [6.45, 7) is 5.14. The summed E-state index contributed by atoms with van der Waals surface area (Å²) in [5.74, 6) is -4.28. The molecule has 4 amide bonds. The largest absolute Gasteiger partial charge is 0.480 e. The van der Waals surface area contributed by atoms with Crippen LogP contribution >= 0.6 is 0 Å². The molecule has 14 nitrogen and oxygen atoms in total. The number of guanidine groups is 1. The van der Waals surface area contributed by atoms with Gasteiger partial charge in [0, 0.05) is 13.0 Å². The second-order valence-electron chi connectivity index (χ2n) is 8.06. The third-order valence-corrected chi connectivity index (χ3v) is 5.14. The standard InChI is InChI=1S/C20H38N8O6/c1-4-10(2)15(18(32)27-13(19(33)34)6-5-9-25-20(23)24)28-16(30)11(3)26-17(31)12(21)7-8-14(22)29/h10-13,15H,4-9,21H2,1-3H3,(H2,22,29)(H,26,31)(H,27,32)(H,28,30)(H,33,34)(H4,23,24,25). The SMILES string of the molecule is CCC(C)C(NC(=O)C(C)NC(=O)C(N)CCC(N)=O)C(=O)NC(CCCN=C(N)N)C(=O)O. The smallest absolute Gasteiger partial charge is 0.326 e. The molecule has 0 bridgehead atoms. The molecule has 0 spiro atoms. The Morgan fingerprint density at radius 2 is 1.53 bits per heavy atom. The number of aliphatic imine (C=N–C) groups is 1. The molecular weight excluding hydrogens is 448 g/mol. The van der Waals surface area contributed by atoms with Gasteiger partial charge < -0.3 is 44.0 Å². The number of carboxylic acid groups (broad SMARTS) is 1. The highest BCUT2D eigenvalue weighted by molar-refractivity contribution is 5.94. The number of carbonyl (C=O) groups excluding carboxylic acids is 4. The molecule has 5 atom stereocenters. The summed E-state index contributed by atoms with van der Waals surface area (Å²) in [6, 6.07) is -4.32. The van der Waals surface area contributed by atoms with Crippen LogP contribution in [0, 0.1) is 5.92 Å². The van der Waals surface area contributed by atoms with Crippen molar-refractivity contribution >= 4 is 35.6 Å². The van der Waals surface area contributed by atoms with Crippen LogP contribution in [0.4, 0.5) is 0 Å². The van der Waals surface area contributed by atoms with Gasteiger partial charge in [-0.05, 0) is 32.1 Å². The molecule has 0 radical (unpaired) electrons. The van der Waals surface area contributed by atoms with Crippen molar-refractivity contribution in [1.29, 1.82) is 0 Å². The maximum absolute atomic E-state index is 12.8. The van der Waals surface area contributed by atoms with Gasteiger partial charge in [0.2, 0.25) is 23.6 Å². The number of hydrogen-bond donors (Lipinski definition) is 8. The molecule has 0 saturated heterocycles. The lowest BCUT2D eigenvalue weighted by Gasteiger charge is -2.27. The zero-order chi connectivity index (χ0) is 26.4. The molecule has 194 valence electrons. The monoisotopic (exact) mass is 486 g/mol. The summed E-state index contributed by atoms with van der Waals surface area (Å²) >= 11 is 0. The molecule has 0 aromatic heterocycles. The van der Waals surface area contributed by atoms with Crippen LogP contribution in [0.25, 0.3) is 0 Å². The Hall–Kier alpha value is -3.42. The fourth-order valence-corrected chi connectivity index (χ4v) is 2.82. The molecule has 0 fully saturated rings. The van der Waals surface area contributed by atoms with Crippen molar-refractivity contribution < 1.29 is 29.1 Å². The van der Waals surface area contributed by atoms with E-state index in [1.54, 1.807) is 6.92 Å². The number of nitrogens with one attached hydrogen (secondary N) is 3. The van der Waals surface area contributed by atoms with Crippen molar-refractivity contribution in [1.82, 2.24) is 16.0 Å². The average molecular weight is 487 g/mol. The van der Waals surface area contributed by atoms with Crippen molar-refractivity contribution in [3.63, 3.8) is 0 Å². The number of aliphatic carboxylic acids is 1. The Balaban J connectivity index is 5.11. The average Bonchev–Trinajstić information content (AvgIpc) is 2.76. The maximum atomic E-state index is 12.8. The van der Waals surface area contributed by atoms with E-state index in [9.17, 15) is 29.1 Å². The van der Waals surface area contributed by atoms with Gasteiger partial charge in [0.05, 0.1) is 6.04 Å². The van der Waals surface area contributed by atoms with E-state index in [1.807, 2.05) is 6.92 Å². The molecule has 0 aliphatic heterocycles. The predicted octanol–water partition coefficient (Wildman–Crippen LogP) is -2.76. The van der Waals surface area contributed by atoms with Crippen LogP contribution < -0.4 is 38.9 Å². The van der Waals surface area contributed by atoms with Crippen LogP contribution in [0.5, 0.6) is 0 Å². The van der Waals surface area contributed by atoms with Crippen molar-refractivity contribution in [2.45, 2.75) is 77.0 Å². The number of carboxylic acids is 1. The topological polar surface area (TPSA) is 258 Å². The Morgan fingerprint density at radius 1 is 0.912 bits per heavy atom. The number of amides is 4. The third-order valence-electron chi connectivity index (χ3n) is 5.14. The Labute approximate surface area is 198 Å². The van der Waals surface area contributed by atoms with Gasteiger partial charge in [-0.3, -0.25) is 24.2 Å². The number of rotatable bonds is 16. The first kappa shape index (κ1) is 30.6. The fourth-order valence-electron chi connectivity index (χ4n) is 2.82. The van der Waals surface area contributed by atoms with Crippen LogP contribution in [0.2, 0.25) is 0 Å². The number of carbonyl (C=O) groups is 5. The predicted molar refractivity (Wildman–Crippen MR) is 125 cm³/mol. The Kier molecular flexibility index (Phi) is 13.9. The van der Waals surface area contributed by atoms with Gasteiger partial charge in [-0.15, -0.1) is 0 Å². The summed E-state index contributed by atoms with van der Waals surface area (Å²) in [7, 11) is 0. The second-order valence-corrected chi connectivity index (χ2v) is 8.06. The van der Waals surface area contributed by atoms with Crippen molar-refractivity contribution in [3.8, 4) is 0 Å². The van der Waals surface area contributed by atoms with Gasteiger partial charge in [0.25, 0.3) is 0 Å². The highest BCUT2D eigenvalue weighted by Gasteiger charge is 2.31. The highest BCUT2D eigenvalue weighted by Crippen LogP contribution is 2.10. The molecule has 0 rings (SSSR count). The van der Waals surface area contributed by atoms with Crippen LogP contribution in [0.1, 0.15) is 52.9 Å². The molecule has 0 aliphatic carbocycles. The van der Waals surface area contributed by atoms with Gasteiger partial charge in [-0.1, -0.05) is 20.3 Å². The van der Waals surface area contributed by atoms with E-state index in [-0.39, 0.29) is 37.7 Å². The molecule has 0 heterocycles. The first-order chi connectivity index (χ1) is 15.8. The van der Waals surface area contributed by atoms with E-state index in [4.69, 9.17) is 22.9 Å². The quantitative estimate of drug-likeness (QED) is 0.0637. The van der Waals surface area contributed by atoms with Crippen LogP contribution in [-0.2, 0) is 24.0 Å². The second kappa shape index (κ2) is 15.4. The molecule has 0 aromatic carbocycles. The van der Waals surface area contributed by atoms with Gasteiger partial charge in [0.1, 0.15) is 18.1 Å². The van der Waals surface area contributed by atoms with Crippen LogP contribution in [-0.4, -0.2) is 71.4 Å². The third kappa shape index (κ3) is 12.0. The van der Waals surface area contributed by atoms with Crippen LogP contribution in [0.3, 0.4) is 0 Å². The molecule has 0 saturated carbocycles. The van der Waals surface area contributed by atoms with Gasteiger partial charge in [-0.25, -0.2) is 4.79 Å². The van der Waals surface area contributed by atoms with E-state index in [2.05, 4.69) is 20.9 Å². The molecule has 0 aromatic rings. The van der Waals surface area contributed by atoms with Crippen molar-refractivity contribution in [2.24, 2.45) is 33.8 Å². The molecule has 12 N–H and O–H groups in total. The van der Waals surface area contributed by atoms with Crippen molar-refractivity contribution in [3.05, 3.63) is 0 Å². The Morgan fingerprint density at radius 3 is 2.03 bits per heavy atom. The van der Waals surface area contributed by atoms with Crippen LogP contribution in [0.15, 0.2) is 4.99 Å². The fraction of sp³-hybridized carbons (Fsp3) is 0.700. The van der Waals surface area contributed by atoms with Gasteiger partial charge >= 0.3 is 5.97 Å². The number of nitrogens with zero attached hydrogens (tertiary/aromatic N) is 1. The zero-order valence-electron chi connectivity index (χ0n) is 19.9. The molecule has 34 heavy (non-hydrogen) atoms. The summed E-state index contributed by atoms with van der Waals surface area (Å²) in [4.78, 5) is 63.7. The summed E-state index contributed by atoms with van der Waals surface area (Å²) < 4.78 is 0. The molecule has 5 unspecified atom stereocenters. The first-order valence-corrected chi connectivity index (χ1v) is 11.0. The minimum Gasteiger partial charge on any atom is -0.480 e. The lowest BCUT2D eigenvalue weighted by atomic mass is 9.97. The highest BCUT2D eigenvalue weighted by atomic mass is 16.4. The van der Waals surface area contributed by atoms with Gasteiger partial charge in [0.15, 0.2) is 5.96 Å². The number of nitrogens with two attached hydrogens (primary N) is 4.